The Morgan fingerprint density at radius 3 is 2.55 bits per heavy atom. The van der Waals surface area contributed by atoms with Crippen molar-refractivity contribution in [3.63, 3.8) is 0 Å². The maximum Gasteiger partial charge on any atom is 0.262 e. The predicted molar refractivity (Wildman–Crippen MR) is 127 cm³/mol. The molecule has 0 aliphatic carbocycles. The van der Waals surface area contributed by atoms with Gasteiger partial charge in [0.1, 0.15) is 5.75 Å². The maximum absolute atomic E-state index is 13.4. The Morgan fingerprint density at radius 1 is 0.939 bits per heavy atom. The van der Waals surface area contributed by atoms with Crippen LogP contribution in [0.4, 0.5) is 0 Å². The molecule has 0 saturated carbocycles. The lowest BCUT2D eigenvalue weighted by Crippen LogP contribution is -2.24. The minimum atomic E-state index is -0.107. The molecule has 0 aliphatic heterocycles. The van der Waals surface area contributed by atoms with Crippen LogP contribution in [0.15, 0.2) is 93.3 Å². The standard InChI is InChI=1S/C25H20N4O3S/c1-31-21-14-8-5-11-18(21)15-29-24(30)19-12-6-7-13-20(19)26-25(29)33-16-22-27-23(28-32-22)17-9-3-2-4-10-17/h2-14H,15-16H2,1H3. The number of nitrogens with zero attached hydrogens (tertiary/aromatic N) is 4. The molecule has 0 radical (unpaired) electrons. The van der Waals surface area contributed by atoms with Crippen molar-refractivity contribution in [3.8, 4) is 17.1 Å². The van der Waals surface area contributed by atoms with Crippen LogP contribution in [-0.2, 0) is 12.3 Å². The van der Waals surface area contributed by atoms with E-state index in [1.165, 1.54) is 11.8 Å². The molecule has 0 saturated heterocycles. The van der Waals surface area contributed by atoms with Crippen LogP contribution in [-0.4, -0.2) is 26.8 Å². The normalized spacial score (nSPS) is 11.1. The second kappa shape index (κ2) is 9.30. The molecule has 0 bridgehead atoms. The molecular formula is C25H20N4O3S. The van der Waals surface area contributed by atoms with Crippen molar-refractivity contribution in [2.45, 2.75) is 17.5 Å². The minimum absolute atomic E-state index is 0.107. The Labute approximate surface area is 194 Å². The third kappa shape index (κ3) is 4.38. The van der Waals surface area contributed by atoms with Gasteiger partial charge in [0.2, 0.25) is 11.7 Å². The van der Waals surface area contributed by atoms with E-state index in [0.29, 0.717) is 40.1 Å². The van der Waals surface area contributed by atoms with E-state index in [-0.39, 0.29) is 5.56 Å². The smallest absolute Gasteiger partial charge is 0.262 e. The second-order valence-electron chi connectivity index (χ2n) is 7.28. The van der Waals surface area contributed by atoms with E-state index in [0.717, 1.165) is 16.9 Å². The third-order valence-electron chi connectivity index (χ3n) is 5.17. The summed E-state index contributed by atoms with van der Waals surface area (Å²) in [5.41, 5.74) is 2.32. The summed E-state index contributed by atoms with van der Waals surface area (Å²) in [6.07, 6.45) is 0. The first kappa shape index (κ1) is 21.0. The van der Waals surface area contributed by atoms with Crippen LogP contribution in [0, 0.1) is 0 Å². The summed E-state index contributed by atoms with van der Waals surface area (Å²) in [6, 6.07) is 24.6. The Kier molecular flexibility index (Phi) is 5.91. The van der Waals surface area contributed by atoms with Gasteiger partial charge in [-0.3, -0.25) is 9.36 Å². The molecule has 164 valence electrons. The SMILES string of the molecule is COc1ccccc1Cn1c(SCc2nc(-c3ccccc3)no2)nc2ccccc2c1=O. The van der Waals surface area contributed by atoms with Crippen LogP contribution in [0.2, 0.25) is 0 Å². The van der Waals surface area contributed by atoms with E-state index in [9.17, 15) is 4.79 Å². The van der Waals surface area contributed by atoms with Crippen LogP contribution < -0.4 is 10.3 Å². The number of fused-ring (bicyclic) bond motifs is 1. The number of thioether (sulfide) groups is 1. The number of benzene rings is 3. The van der Waals surface area contributed by atoms with Crippen LogP contribution in [0.1, 0.15) is 11.5 Å². The van der Waals surface area contributed by atoms with Crippen molar-refractivity contribution in [2.24, 2.45) is 0 Å². The first-order valence-corrected chi connectivity index (χ1v) is 11.3. The molecule has 7 nitrogen and oxygen atoms in total. The number of rotatable bonds is 7. The summed E-state index contributed by atoms with van der Waals surface area (Å²) in [4.78, 5) is 22.6. The number of aromatic nitrogens is 4. The van der Waals surface area contributed by atoms with E-state index in [2.05, 4.69) is 10.1 Å². The quantitative estimate of drug-likeness (QED) is 0.257. The van der Waals surface area contributed by atoms with Crippen molar-refractivity contribution in [3.05, 3.63) is 101 Å². The molecule has 0 fully saturated rings. The molecular weight excluding hydrogens is 436 g/mol. The van der Waals surface area contributed by atoms with Gasteiger partial charge in [-0.2, -0.15) is 4.98 Å². The Bertz CT molecular complexity index is 1460. The van der Waals surface area contributed by atoms with Crippen molar-refractivity contribution >= 4 is 22.7 Å². The van der Waals surface area contributed by atoms with Crippen molar-refractivity contribution in [1.29, 1.82) is 0 Å². The summed E-state index contributed by atoms with van der Waals surface area (Å²) in [5.74, 6) is 2.10. The van der Waals surface area contributed by atoms with Gasteiger partial charge in [0.05, 0.1) is 30.3 Å². The fourth-order valence-electron chi connectivity index (χ4n) is 3.55. The molecule has 0 atom stereocenters. The summed E-state index contributed by atoms with van der Waals surface area (Å²) < 4.78 is 12.6. The van der Waals surface area contributed by atoms with E-state index >= 15 is 0 Å². The average molecular weight is 457 g/mol. The van der Waals surface area contributed by atoms with Gasteiger partial charge in [0, 0.05) is 11.1 Å². The molecule has 3 aromatic carbocycles. The number of hydrogen-bond donors (Lipinski definition) is 0. The van der Waals surface area contributed by atoms with Gasteiger partial charge in [-0.05, 0) is 18.2 Å². The maximum atomic E-state index is 13.4. The highest BCUT2D eigenvalue weighted by atomic mass is 32.2. The molecule has 2 aromatic heterocycles. The van der Waals surface area contributed by atoms with E-state index in [4.69, 9.17) is 14.2 Å². The van der Waals surface area contributed by atoms with Crippen molar-refractivity contribution in [2.75, 3.05) is 7.11 Å². The molecule has 5 aromatic rings. The zero-order valence-electron chi connectivity index (χ0n) is 17.8. The predicted octanol–water partition coefficient (Wildman–Crippen LogP) is 4.80. The van der Waals surface area contributed by atoms with Crippen LogP contribution in [0.5, 0.6) is 5.75 Å². The van der Waals surface area contributed by atoms with Gasteiger partial charge >= 0.3 is 0 Å². The van der Waals surface area contributed by atoms with Crippen LogP contribution >= 0.6 is 11.8 Å². The number of hydrogen-bond acceptors (Lipinski definition) is 7. The van der Waals surface area contributed by atoms with Crippen LogP contribution in [0.3, 0.4) is 0 Å². The van der Waals surface area contributed by atoms with Crippen LogP contribution in [0.25, 0.3) is 22.3 Å². The lowest BCUT2D eigenvalue weighted by molar-refractivity contribution is 0.391. The Hall–Kier alpha value is -3.91. The summed E-state index contributed by atoms with van der Waals surface area (Å²) in [6.45, 7) is 0.335. The Morgan fingerprint density at radius 2 is 1.70 bits per heavy atom. The number of ether oxygens (including phenoxy) is 1. The summed E-state index contributed by atoms with van der Waals surface area (Å²) in [5, 5.41) is 5.22. The molecule has 0 spiro atoms. The molecule has 5 rings (SSSR count). The molecule has 8 heteroatoms. The molecule has 0 unspecified atom stereocenters. The highest BCUT2D eigenvalue weighted by Gasteiger charge is 2.16. The summed E-state index contributed by atoms with van der Waals surface area (Å²) >= 11 is 1.39. The van der Waals surface area contributed by atoms with Gasteiger partial charge in [-0.25, -0.2) is 4.98 Å². The highest BCUT2D eigenvalue weighted by molar-refractivity contribution is 7.98. The zero-order valence-corrected chi connectivity index (χ0v) is 18.7. The first-order valence-electron chi connectivity index (χ1n) is 10.3. The first-order chi connectivity index (χ1) is 16.2. The lowest BCUT2D eigenvalue weighted by Gasteiger charge is -2.14. The highest BCUT2D eigenvalue weighted by Crippen LogP contribution is 2.25. The largest absolute Gasteiger partial charge is 0.496 e. The molecule has 2 heterocycles. The van der Waals surface area contributed by atoms with Gasteiger partial charge in [0.15, 0.2) is 5.16 Å². The molecule has 33 heavy (non-hydrogen) atoms. The number of methoxy groups -OCH3 is 1. The fourth-order valence-corrected chi connectivity index (χ4v) is 4.38. The number of para-hydroxylation sites is 2. The summed E-state index contributed by atoms with van der Waals surface area (Å²) in [7, 11) is 1.62. The second-order valence-corrected chi connectivity index (χ2v) is 8.22. The fraction of sp³-hybridized carbons (Fsp3) is 0.120. The third-order valence-corrected chi connectivity index (χ3v) is 6.13. The average Bonchev–Trinajstić information content (AvgIpc) is 3.35. The Balaban J connectivity index is 1.49. The van der Waals surface area contributed by atoms with Crippen molar-refractivity contribution < 1.29 is 9.26 Å². The molecule has 0 aliphatic rings. The van der Waals surface area contributed by atoms with Gasteiger partial charge < -0.3 is 9.26 Å². The van der Waals surface area contributed by atoms with E-state index < -0.39 is 0 Å². The minimum Gasteiger partial charge on any atom is -0.496 e. The zero-order chi connectivity index (χ0) is 22.6. The monoisotopic (exact) mass is 456 g/mol. The van der Waals surface area contributed by atoms with Crippen molar-refractivity contribution in [1.82, 2.24) is 19.7 Å². The van der Waals surface area contributed by atoms with E-state index in [1.807, 2.05) is 72.8 Å². The van der Waals surface area contributed by atoms with Gasteiger partial charge in [-0.15, -0.1) is 0 Å². The van der Waals surface area contributed by atoms with E-state index in [1.54, 1.807) is 17.7 Å². The molecule has 0 N–H and O–H groups in total. The molecule has 0 amide bonds. The van der Waals surface area contributed by atoms with Gasteiger partial charge in [-0.1, -0.05) is 77.6 Å². The van der Waals surface area contributed by atoms with Gasteiger partial charge in [0.25, 0.3) is 5.56 Å². The topological polar surface area (TPSA) is 83.0 Å². The lowest BCUT2D eigenvalue weighted by atomic mass is 10.2.